The van der Waals surface area contributed by atoms with Gasteiger partial charge in [-0.15, -0.1) is 0 Å². The van der Waals surface area contributed by atoms with Gasteiger partial charge in [0.25, 0.3) is 0 Å². The van der Waals surface area contributed by atoms with E-state index in [4.69, 9.17) is 0 Å². The van der Waals surface area contributed by atoms with Crippen molar-refractivity contribution in [1.82, 2.24) is 5.32 Å². The minimum absolute atomic E-state index is 0.0348. The van der Waals surface area contributed by atoms with Crippen LogP contribution in [0.4, 0.5) is 13.2 Å². The Morgan fingerprint density at radius 1 is 1.08 bits per heavy atom. The quantitative estimate of drug-likeness (QED) is 0.455. The van der Waals surface area contributed by atoms with Crippen LogP contribution in [0.3, 0.4) is 0 Å². The van der Waals surface area contributed by atoms with Gasteiger partial charge in [0, 0.05) is 18.5 Å². The third kappa shape index (κ3) is 2.96. The van der Waals surface area contributed by atoms with Crippen molar-refractivity contribution in [3.05, 3.63) is 22.8 Å². The molecule has 4 unspecified atom stereocenters. The predicted octanol–water partition coefficient (Wildman–Crippen LogP) is 3.42. The van der Waals surface area contributed by atoms with Gasteiger partial charge in [-0.2, -0.15) is 21.6 Å². The summed E-state index contributed by atoms with van der Waals surface area (Å²) < 4.78 is 65.1. The molecule has 1 N–H and O–H groups in total. The predicted molar refractivity (Wildman–Crippen MR) is 86.0 cm³/mol. The summed E-state index contributed by atoms with van der Waals surface area (Å²) in [7, 11) is -5.55. The molecule has 3 aliphatic carbocycles. The van der Waals surface area contributed by atoms with Crippen LogP contribution in [0.25, 0.3) is 0 Å². The van der Waals surface area contributed by atoms with Crippen molar-refractivity contribution >= 4 is 10.1 Å². The molecular weight excluding hydrogens is 355 g/mol. The number of rotatable bonds is 2. The molecule has 4 rings (SSSR count). The van der Waals surface area contributed by atoms with E-state index in [0.717, 1.165) is 25.0 Å². The van der Waals surface area contributed by atoms with Gasteiger partial charge in [0.1, 0.15) is 0 Å². The average molecular weight is 377 g/mol. The number of nitrogens with one attached hydrogen (secondary N) is 1. The molecule has 0 amide bonds. The zero-order valence-corrected chi connectivity index (χ0v) is 14.6. The van der Waals surface area contributed by atoms with E-state index < -0.39 is 21.7 Å². The average Bonchev–Trinajstić information content (AvgIpc) is 2.96. The highest BCUT2D eigenvalue weighted by Gasteiger charge is 2.51. The fraction of sp³-hybridized carbons (Fsp3) is 0.765. The van der Waals surface area contributed by atoms with Gasteiger partial charge in [-0.05, 0) is 49.2 Å². The Morgan fingerprint density at radius 2 is 1.84 bits per heavy atom. The standard InChI is InChI=1S/C17H22F3NO3S/c18-17(19,20)25(22,23)24-16-8-7-11-13(16)6-5-10-12-3-1-2-4-15(12)21-9-14(10)11/h6,11-12,15-16,21H,1-5,7-9H2. The Bertz CT molecular complexity index is 726. The lowest BCUT2D eigenvalue weighted by molar-refractivity contribution is -0.0561. The summed E-state index contributed by atoms with van der Waals surface area (Å²) in [5.74, 6) is 0.557. The first-order valence-electron chi connectivity index (χ1n) is 8.92. The molecule has 0 saturated heterocycles. The first kappa shape index (κ1) is 17.5. The Balaban J connectivity index is 1.55. The summed E-state index contributed by atoms with van der Waals surface area (Å²) in [6, 6.07) is 0.515. The molecule has 0 aromatic rings. The highest BCUT2D eigenvalue weighted by atomic mass is 32.2. The molecule has 0 aromatic carbocycles. The Hall–Kier alpha value is -0.860. The molecule has 2 saturated carbocycles. The third-order valence-electron chi connectivity index (χ3n) is 6.18. The lowest BCUT2D eigenvalue weighted by Crippen LogP contribution is -2.46. The van der Waals surface area contributed by atoms with Gasteiger partial charge in [-0.25, -0.2) is 0 Å². The molecule has 0 bridgehead atoms. The highest BCUT2D eigenvalue weighted by Crippen LogP contribution is 2.49. The second-order valence-corrected chi connectivity index (χ2v) is 9.02. The van der Waals surface area contributed by atoms with Gasteiger partial charge in [-0.1, -0.05) is 24.5 Å². The van der Waals surface area contributed by atoms with Crippen LogP contribution in [0.1, 0.15) is 44.9 Å². The molecular formula is C17H22F3NO3S. The lowest BCUT2D eigenvalue weighted by atomic mass is 9.69. The third-order valence-corrected chi connectivity index (χ3v) is 7.23. The molecule has 2 fully saturated rings. The maximum atomic E-state index is 12.6. The van der Waals surface area contributed by atoms with Crippen molar-refractivity contribution in [2.24, 2.45) is 11.8 Å². The first-order chi connectivity index (χ1) is 11.8. The van der Waals surface area contributed by atoms with Crippen molar-refractivity contribution in [3.63, 3.8) is 0 Å². The molecule has 0 aromatic heterocycles. The van der Waals surface area contributed by atoms with E-state index in [2.05, 4.69) is 9.50 Å². The number of fused-ring (bicyclic) bond motifs is 4. The Morgan fingerprint density at radius 3 is 2.60 bits per heavy atom. The van der Waals surface area contributed by atoms with E-state index in [0.29, 0.717) is 24.8 Å². The lowest BCUT2D eigenvalue weighted by Gasteiger charge is -2.43. The van der Waals surface area contributed by atoms with Crippen LogP contribution in [0.5, 0.6) is 0 Å². The van der Waals surface area contributed by atoms with Crippen molar-refractivity contribution < 1.29 is 25.8 Å². The fourth-order valence-corrected chi connectivity index (χ4v) is 5.70. The van der Waals surface area contributed by atoms with Gasteiger partial charge < -0.3 is 5.32 Å². The summed E-state index contributed by atoms with van der Waals surface area (Å²) in [5.41, 5.74) is -1.93. The monoisotopic (exact) mass is 377 g/mol. The van der Waals surface area contributed by atoms with Gasteiger partial charge in [0.2, 0.25) is 0 Å². The highest BCUT2D eigenvalue weighted by molar-refractivity contribution is 7.87. The van der Waals surface area contributed by atoms with Crippen LogP contribution in [-0.4, -0.2) is 32.6 Å². The van der Waals surface area contributed by atoms with Gasteiger partial charge in [0.05, 0.1) is 6.10 Å². The van der Waals surface area contributed by atoms with Gasteiger partial charge in [-0.3, -0.25) is 4.18 Å². The molecule has 25 heavy (non-hydrogen) atoms. The topological polar surface area (TPSA) is 55.4 Å². The van der Waals surface area contributed by atoms with Gasteiger partial charge >= 0.3 is 15.6 Å². The molecule has 4 aliphatic rings. The summed E-state index contributed by atoms with van der Waals surface area (Å²) in [5, 5.41) is 3.60. The van der Waals surface area contributed by atoms with Crippen LogP contribution in [0.15, 0.2) is 22.8 Å². The molecule has 0 spiro atoms. The van der Waals surface area contributed by atoms with E-state index >= 15 is 0 Å². The molecule has 1 aliphatic heterocycles. The molecule has 8 heteroatoms. The van der Waals surface area contributed by atoms with E-state index in [9.17, 15) is 21.6 Å². The van der Waals surface area contributed by atoms with Crippen LogP contribution >= 0.6 is 0 Å². The second-order valence-electron chi connectivity index (χ2n) is 7.45. The number of hydrogen-bond acceptors (Lipinski definition) is 4. The summed E-state index contributed by atoms with van der Waals surface area (Å²) in [4.78, 5) is 0. The van der Waals surface area contributed by atoms with E-state index in [1.165, 1.54) is 30.4 Å². The van der Waals surface area contributed by atoms with Crippen molar-refractivity contribution in [2.75, 3.05) is 6.54 Å². The number of halogens is 3. The maximum Gasteiger partial charge on any atom is 0.523 e. The van der Waals surface area contributed by atoms with Crippen LogP contribution in [-0.2, 0) is 14.3 Å². The summed E-state index contributed by atoms with van der Waals surface area (Å²) in [6.07, 6.45) is 7.45. The molecule has 4 nitrogen and oxygen atoms in total. The number of alkyl halides is 3. The van der Waals surface area contributed by atoms with Crippen molar-refractivity contribution in [3.8, 4) is 0 Å². The van der Waals surface area contributed by atoms with Crippen LogP contribution < -0.4 is 5.32 Å². The normalized spacial score (nSPS) is 35.7. The summed E-state index contributed by atoms with van der Waals surface area (Å²) >= 11 is 0. The maximum absolute atomic E-state index is 12.6. The first-order valence-corrected chi connectivity index (χ1v) is 10.3. The summed E-state index contributed by atoms with van der Waals surface area (Å²) in [6.45, 7) is 0.761. The SMILES string of the molecule is O=S(=O)(OC1CCC2C1=CCC1=C2CNC2CCCCC12)C(F)(F)F. The van der Waals surface area contributed by atoms with E-state index in [1.54, 1.807) is 0 Å². The van der Waals surface area contributed by atoms with Gasteiger partial charge in [0.15, 0.2) is 0 Å². The molecule has 140 valence electrons. The molecule has 1 heterocycles. The number of allylic oxidation sites excluding steroid dienone is 1. The minimum atomic E-state index is -5.55. The van der Waals surface area contributed by atoms with Crippen molar-refractivity contribution in [1.29, 1.82) is 0 Å². The largest absolute Gasteiger partial charge is 0.523 e. The zero-order valence-electron chi connectivity index (χ0n) is 13.8. The van der Waals surface area contributed by atoms with E-state index in [-0.39, 0.29) is 5.92 Å². The van der Waals surface area contributed by atoms with Crippen molar-refractivity contribution in [2.45, 2.75) is 62.6 Å². The zero-order chi connectivity index (χ0) is 17.8. The molecule has 4 atom stereocenters. The smallest absolute Gasteiger partial charge is 0.310 e. The van der Waals surface area contributed by atoms with Crippen LogP contribution in [0.2, 0.25) is 0 Å². The fourth-order valence-electron chi connectivity index (χ4n) is 5.08. The number of hydrogen-bond donors (Lipinski definition) is 1. The molecule has 0 radical (unpaired) electrons. The Labute approximate surface area is 145 Å². The second kappa shape index (κ2) is 6.09. The van der Waals surface area contributed by atoms with Crippen LogP contribution in [0, 0.1) is 11.8 Å². The minimum Gasteiger partial charge on any atom is -0.310 e. The Kier molecular flexibility index (Phi) is 4.28. The van der Waals surface area contributed by atoms with E-state index in [1.807, 2.05) is 6.08 Å².